The van der Waals surface area contributed by atoms with E-state index in [9.17, 15) is 0 Å². The Morgan fingerprint density at radius 1 is 1.05 bits per heavy atom. The lowest BCUT2D eigenvalue weighted by Crippen LogP contribution is -2.00. The summed E-state index contributed by atoms with van der Waals surface area (Å²) in [7, 11) is 0. The lowest BCUT2D eigenvalue weighted by atomic mass is 10.1. The van der Waals surface area contributed by atoms with Gasteiger partial charge in [0.1, 0.15) is 0 Å². The number of nitrogen functional groups attached to an aromatic ring is 1. The maximum atomic E-state index is 5.81. The standard InChI is InChI=1S/C15H14N4/c1-11-5-7-12(8-6-11)15-10-17-18-19(15)14-4-2-3-13(16)9-14/h2-10H,16H2,1H3. The van der Waals surface area contributed by atoms with Crippen molar-refractivity contribution in [3.8, 4) is 16.9 Å². The van der Waals surface area contributed by atoms with Gasteiger partial charge in [0.05, 0.1) is 17.6 Å². The number of nitrogens with zero attached hydrogens (tertiary/aromatic N) is 3. The highest BCUT2D eigenvalue weighted by Gasteiger charge is 2.08. The first-order valence-electron chi connectivity index (χ1n) is 6.08. The van der Waals surface area contributed by atoms with Crippen LogP contribution in [0, 0.1) is 6.92 Å². The molecule has 0 saturated heterocycles. The van der Waals surface area contributed by atoms with Crippen molar-refractivity contribution in [1.29, 1.82) is 0 Å². The highest BCUT2D eigenvalue weighted by atomic mass is 15.4. The molecular weight excluding hydrogens is 236 g/mol. The van der Waals surface area contributed by atoms with Gasteiger partial charge in [-0.15, -0.1) is 5.10 Å². The monoisotopic (exact) mass is 250 g/mol. The molecule has 3 aromatic rings. The van der Waals surface area contributed by atoms with Gasteiger partial charge in [0.25, 0.3) is 0 Å². The van der Waals surface area contributed by atoms with E-state index >= 15 is 0 Å². The molecule has 4 heteroatoms. The van der Waals surface area contributed by atoms with Gasteiger partial charge in [0.2, 0.25) is 0 Å². The third-order valence-electron chi connectivity index (χ3n) is 3.01. The smallest absolute Gasteiger partial charge is 0.0944 e. The number of aryl methyl sites for hydroxylation is 1. The molecule has 94 valence electrons. The van der Waals surface area contributed by atoms with Crippen LogP contribution < -0.4 is 5.73 Å². The molecule has 0 unspecified atom stereocenters. The van der Waals surface area contributed by atoms with Crippen molar-refractivity contribution in [1.82, 2.24) is 15.0 Å². The quantitative estimate of drug-likeness (QED) is 0.711. The van der Waals surface area contributed by atoms with E-state index in [0.717, 1.165) is 16.9 Å². The summed E-state index contributed by atoms with van der Waals surface area (Å²) in [6, 6.07) is 15.9. The van der Waals surface area contributed by atoms with Gasteiger partial charge in [0, 0.05) is 11.3 Å². The van der Waals surface area contributed by atoms with Gasteiger partial charge in [-0.05, 0) is 25.1 Å². The Labute approximate surface area is 111 Å². The first-order valence-corrected chi connectivity index (χ1v) is 6.08. The lowest BCUT2D eigenvalue weighted by Gasteiger charge is -2.07. The number of aromatic nitrogens is 3. The van der Waals surface area contributed by atoms with E-state index in [2.05, 4.69) is 41.5 Å². The summed E-state index contributed by atoms with van der Waals surface area (Å²) >= 11 is 0. The van der Waals surface area contributed by atoms with Crippen LogP contribution >= 0.6 is 0 Å². The third-order valence-corrected chi connectivity index (χ3v) is 3.01. The Hall–Kier alpha value is -2.62. The molecule has 0 aliphatic heterocycles. The molecule has 1 heterocycles. The van der Waals surface area contributed by atoms with E-state index in [-0.39, 0.29) is 0 Å². The minimum atomic E-state index is 0.711. The van der Waals surface area contributed by atoms with E-state index in [1.54, 1.807) is 10.9 Å². The molecule has 1 aromatic heterocycles. The zero-order valence-corrected chi connectivity index (χ0v) is 10.6. The topological polar surface area (TPSA) is 56.7 Å². The zero-order valence-electron chi connectivity index (χ0n) is 10.6. The Kier molecular flexibility index (Phi) is 2.76. The summed E-state index contributed by atoms with van der Waals surface area (Å²) in [4.78, 5) is 0. The second kappa shape index (κ2) is 4.57. The van der Waals surface area contributed by atoms with Gasteiger partial charge in [-0.2, -0.15) is 0 Å². The highest BCUT2D eigenvalue weighted by Crippen LogP contribution is 2.22. The van der Waals surface area contributed by atoms with E-state index in [0.29, 0.717) is 5.69 Å². The molecule has 0 fully saturated rings. The van der Waals surface area contributed by atoms with Crippen molar-refractivity contribution in [2.45, 2.75) is 6.92 Å². The van der Waals surface area contributed by atoms with Crippen molar-refractivity contribution in [3.05, 3.63) is 60.3 Å². The summed E-state index contributed by atoms with van der Waals surface area (Å²) in [5, 5.41) is 8.14. The summed E-state index contributed by atoms with van der Waals surface area (Å²) in [5.74, 6) is 0. The van der Waals surface area contributed by atoms with Crippen LogP contribution in [-0.2, 0) is 0 Å². The van der Waals surface area contributed by atoms with Crippen LogP contribution in [0.4, 0.5) is 5.69 Å². The summed E-state index contributed by atoms with van der Waals surface area (Å²) < 4.78 is 1.79. The molecule has 0 saturated carbocycles. The Balaban J connectivity index is 2.10. The van der Waals surface area contributed by atoms with E-state index in [1.165, 1.54) is 5.56 Å². The van der Waals surface area contributed by atoms with Crippen molar-refractivity contribution < 1.29 is 0 Å². The van der Waals surface area contributed by atoms with Gasteiger partial charge in [-0.1, -0.05) is 41.1 Å². The molecule has 19 heavy (non-hydrogen) atoms. The maximum Gasteiger partial charge on any atom is 0.0944 e. The minimum absolute atomic E-state index is 0.711. The van der Waals surface area contributed by atoms with Crippen LogP contribution in [-0.4, -0.2) is 15.0 Å². The van der Waals surface area contributed by atoms with E-state index in [4.69, 9.17) is 5.73 Å². The largest absolute Gasteiger partial charge is 0.399 e. The second-order valence-corrected chi connectivity index (χ2v) is 4.49. The van der Waals surface area contributed by atoms with Crippen molar-refractivity contribution in [3.63, 3.8) is 0 Å². The molecular formula is C15H14N4. The van der Waals surface area contributed by atoms with Crippen molar-refractivity contribution in [2.75, 3.05) is 5.73 Å². The number of nitrogens with two attached hydrogens (primary N) is 1. The third kappa shape index (κ3) is 2.20. The molecule has 0 atom stereocenters. The number of hydrogen-bond acceptors (Lipinski definition) is 3. The number of benzene rings is 2. The van der Waals surface area contributed by atoms with Crippen LogP contribution in [0.3, 0.4) is 0 Å². The van der Waals surface area contributed by atoms with Crippen LogP contribution in [0.25, 0.3) is 16.9 Å². The average Bonchev–Trinajstić information content (AvgIpc) is 2.89. The summed E-state index contributed by atoms with van der Waals surface area (Å²) in [5.41, 5.74) is 10.7. The number of hydrogen-bond donors (Lipinski definition) is 1. The molecule has 4 nitrogen and oxygen atoms in total. The van der Waals surface area contributed by atoms with E-state index in [1.807, 2.05) is 24.3 Å². The van der Waals surface area contributed by atoms with Crippen LogP contribution in [0.15, 0.2) is 54.7 Å². The van der Waals surface area contributed by atoms with Gasteiger partial charge in [0.15, 0.2) is 0 Å². The molecule has 2 N–H and O–H groups in total. The molecule has 0 spiro atoms. The predicted molar refractivity (Wildman–Crippen MR) is 75.9 cm³/mol. The molecule has 0 amide bonds. The van der Waals surface area contributed by atoms with Crippen molar-refractivity contribution in [2.24, 2.45) is 0 Å². The average molecular weight is 250 g/mol. The SMILES string of the molecule is Cc1ccc(-c2cnnn2-c2cccc(N)c2)cc1. The molecule has 0 radical (unpaired) electrons. The Bertz CT molecular complexity index is 698. The zero-order chi connectivity index (χ0) is 13.2. The summed E-state index contributed by atoms with van der Waals surface area (Å²) in [6.07, 6.45) is 1.76. The van der Waals surface area contributed by atoms with Gasteiger partial charge in [-0.25, -0.2) is 4.68 Å². The van der Waals surface area contributed by atoms with Gasteiger partial charge >= 0.3 is 0 Å². The van der Waals surface area contributed by atoms with Crippen LogP contribution in [0.1, 0.15) is 5.56 Å². The fourth-order valence-electron chi connectivity index (χ4n) is 2.00. The maximum absolute atomic E-state index is 5.81. The Morgan fingerprint density at radius 2 is 1.84 bits per heavy atom. The molecule has 0 aliphatic carbocycles. The molecule has 0 aliphatic rings. The van der Waals surface area contributed by atoms with Crippen molar-refractivity contribution >= 4 is 5.69 Å². The minimum Gasteiger partial charge on any atom is -0.399 e. The Morgan fingerprint density at radius 3 is 2.58 bits per heavy atom. The van der Waals surface area contributed by atoms with E-state index < -0.39 is 0 Å². The molecule has 3 rings (SSSR count). The molecule has 0 bridgehead atoms. The first-order chi connectivity index (χ1) is 9.24. The normalized spacial score (nSPS) is 10.6. The van der Waals surface area contributed by atoms with Crippen LogP contribution in [0.5, 0.6) is 0 Å². The second-order valence-electron chi connectivity index (χ2n) is 4.49. The lowest BCUT2D eigenvalue weighted by molar-refractivity contribution is 0.808. The number of rotatable bonds is 2. The van der Waals surface area contributed by atoms with Gasteiger partial charge < -0.3 is 5.73 Å². The van der Waals surface area contributed by atoms with Gasteiger partial charge in [-0.3, -0.25) is 0 Å². The fraction of sp³-hybridized carbons (Fsp3) is 0.0667. The number of anilines is 1. The highest BCUT2D eigenvalue weighted by molar-refractivity contribution is 5.62. The van der Waals surface area contributed by atoms with Crippen LogP contribution in [0.2, 0.25) is 0 Å². The fourth-order valence-corrected chi connectivity index (χ4v) is 2.00. The first kappa shape index (κ1) is 11.5. The summed E-state index contributed by atoms with van der Waals surface area (Å²) in [6.45, 7) is 2.07. The molecule has 2 aromatic carbocycles. The predicted octanol–water partition coefficient (Wildman–Crippen LogP) is 2.82.